The molecule has 2 atom stereocenters. The van der Waals surface area contributed by atoms with Gasteiger partial charge < -0.3 is 15.5 Å². The first-order chi connectivity index (χ1) is 8.06. The summed E-state index contributed by atoms with van der Waals surface area (Å²) in [4.78, 5) is 11.8. The summed E-state index contributed by atoms with van der Waals surface area (Å²) in [5, 5.41) is 2.92. The van der Waals surface area contributed by atoms with Crippen LogP contribution in [0.1, 0.15) is 44.3 Å². The second-order valence-corrected chi connectivity index (χ2v) is 4.45. The number of carbonyl (C=O) groups excluding carboxylic acids is 1. The third kappa shape index (κ3) is 4.23. The maximum atomic E-state index is 11.8. The van der Waals surface area contributed by atoms with E-state index in [1.54, 1.807) is 0 Å². The van der Waals surface area contributed by atoms with E-state index in [2.05, 4.69) is 5.32 Å². The molecule has 4 nitrogen and oxygen atoms in total. The monoisotopic (exact) mass is 238 g/mol. The fraction of sp³-hybridized carbons (Fsp3) is 0.615. The van der Waals surface area contributed by atoms with Crippen LogP contribution in [0, 0.1) is 12.8 Å². The van der Waals surface area contributed by atoms with E-state index in [-0.39, 0.29) is 17.9 Å². The van der Waals surface area contributed by atoms with Crippen LogP contribution in [0.2, 0.25) is 0 Å². The fourth-order valence-corrected chi connectivity index (χ4v) is 1.71. The number of furan rings is 1. The lowest BCUT2D eigenvalue weighted by Gasteiger charge is -2.15. The topological polar surface area (TPSA) is 68.3 Å². The van der Waals surface area contributed by atoms with E-state index in [1.807, 2.05) is 32.9 Å². The van der Waals surface area contributed by atoms with Gasteiger partial charge in [-0.2, -0.15) is 0 Å². The average molecular weight is 238 g/mol. The molecule has 2 unspecified atom stereocenters. The van der Waals surface area contributed by atoms with Crippen molar-refractivity contribution in [1.82, 2.24) is 5.32 Å². The van der Waals surface area contributed by atoms with Crippen molar-refractivity contribution in [2.45, 2.75) is 39.7 Å². The van der Waals surface area contributed by atoms with Gasteiger partial charge in [-0.05, 0) is 38.4 Å². The normalized spacial score (nSPS) is 14.4. The van der Waals surface area contributed by atoms with E-state index in [1.165, 1.54) is 0 Å². The molecule has 0 radical (unpaired) electrons. The first kappa shape index (κ1) is 13.8. The number of nitrogens with one attached hydrogen (secondary N) is 1. The van der Waals surface area contributed by atoms with Gasteiger partial charge in [-0.3, -0.25) is 4.79 Å². The minimum Gasteiger partial charge on any atom is -0.464 e. The van der Waals surface area contributed by atoms with Gasteiger partial charge in [0.25, 0.3) is 0 Å². The van der Waals surface area contributed by atoms with E-state index in [0.29, 0.717) is 13.0 Å². The molecule has 17 heavy (non-hydrogen) atoms. The Balaban J connectivity index is 2.45. The van der Waals surface area contributed by atoms with E-state index >= 15 is 0 Å². The van der Waals surface area contributed by atoms with E-state index in [9.17, 15) is 4.79 Å². The van der Waals surface area contributed by atoms with Gasteiger partial charge >= 0.3 is 0 Å². The highest BCUT2D eigenvalue weighted by Crippen LogP contribution is 2.16. The number of hydrogen-bond acceptors (Lipinski definition) is 3. The first-order valence-electron chi connectivity index (χ1n) is 6.12. The summed E-state index contributed by atoms with van der Waals surface area (Å²) < 4.78 is 5.46. The number of hydrogen-bond donors (Lipinski definition) is 2. The average Bonchev–Trinajstić information content (AvgIpc) is 2.72. The van der Waals surface area contributed by atoms with Crippen LogP contribution in [0.15, 0.2) is 16.5 Å². The quantitative estimate of drug-likeness (QED) is 0.797. The summed E-state index contributed by atoms with van der Waals surface area (Å²) in [7, 11) is 0. The SMILES string of the molecule is CCC(CN)CC(=O)NC(C)c1ccc(C)o1. The minimum absolute atomic E-state index is 0.0313. The predicted octanol–water partition coefficient (Wildman–Crippen LogP) is 2.14. The summed E-state index contributed by atoms with van der Waals surface area (Å²) in [6, 6.07) is 3.69. The summed E-state index contributed by atoms with van der Waals surface area (Å²) in [5.41, 5.74) is 5.58. The Kier molecular flexibility index (Phi) is 5.22. The molecule has 0 aliphatic carbocycles. The molecule has 1 rings (SSSR count). The Hall–Kier alpha value is -1.29. The van der Waals surface area contributed by atoms with Crippen molar-refractivity contribution in [3.05, 3.63) is 23.7 Å². The Bertz CT molecular complexity index is 356. The maximum absolute atomic E-state index is 11.8. The van der Waals surface area contributed by atoms with Gasteiger partial charge in [0.15, 0.2) is 0 Å². The van der Waals surface area contributed by atoms with Crippen LogP contribution in [-0.4, -0.2) is 12.5 Å². The van der Waals surface area contributed by atoms with Gasteiger partial charge in [-0.25, -0.2) is 0 Å². The van der Waals surface area contributed by atoms with Gasteiger partial charge in [-0.1, -0.05) is 13.3 Å². The Labute approximate surface area is 103 Å². The molecule has 0 saturated heterocycles. The third-order valence-corrected chi connectivity index (χ3v) is 2.95. The van der Waals surface area contributed by atoms with Crippen molar-refractivity contribution in [2.75, 3.05) is 6.54 Å². The van der Waals surface area contributed by atoms with Gasteiger partial charge in [0.05, 0.1) is 6.04 Å². The van der Waals surface area contributed by atoms with Crippen molar-refractivity contribution in [3.8, 4) is 0 Å². The summed E-state index contributed by atoms with van der Waals surface area (Å²) in [5.74, 6) is 1.94. The van der Waals surface area contributed by atoms with E-state index in [0.717, 1.165) is 17.9 Å². The molecule has 4 heteroatoms. The van der Waals surface area contributed by atoms with Crippen LogP contribution in [-0.2, 0) is 4.79 Å². The van der Waals surface area contributed by atoms with Crippen molar-refractivity contribution in [1.29, 1.82) is 0 Å². The van der Waals surface area contributed by atoms with Crippen LogP contribution in [0.3, 0.4) is 0 Å². The molecule has 0 aliphatic heterocycles. The van der Waals surface area contributed by atoms with Crippen molar-refractivity contribution in [3.63, 3.8) is 0 Å². The lowest BCUT2D eigenvalue weighted by molar-refractivity contribution is -0.122. The van der Waals surface area contributed by atoms with Gasteiger partial charge in [0.1, 0.15) is 11.5 Å². The second kappa shape index (κ2) is 6.45. The molecule has 0 aromatic carbocycles. The van der Waals surface area contributed by atoms with Crippen LogP contribution in [0.25, 0.3) is 0 Å². The Morgan fingerprint density at radius 2 is 2.24 bits per heavy atom. The van der Waals surface area contributed by atoms with E-state index < -0.39 is 0 Å². The predicted molar refractivity (Wildman–Crippen MR) is 67.5 cm³/mol. The van der Waals surface area contributed by atoms with Gasteiger partial charge in [0.2, 0.25) is 5.91 Å². The van der Waals surface area contributed by atoms with Gasteiger partial charge in [0, 0.05) is 6.42 Å². The molecular formula is C13H22N2O2. The molecule has 1 heterocycles. The molecule has 0 fully saturated rings. The highest BCUT2D eigenvalue weighted by atomic mass is 16.3. The third-order valence-electron chi connectivity index (χ3n) is 2.95. The maximum Gasteiger partial charge on any atom is 0.220 e. The minimum atomic E-state index is -0.0912. The molecule has 96 valence electrons. The molecule has 1 aromatic heterocycles. The lowest BCUT2D eigenvalue weighted by Crippen LogP contribution is -2.30. The lowest BCUT2D eigenvalue weighted by atomic mass is 10.0. The molecular weight excluding hydrogens is 216 g/mol. The Morgan fingerprint density at radius 1 is 1.53 bits per heavy atom. The summed E-state index contributed by atoms with van der Waals surface area (Å²) in [6.07, 6.45) is 1.41. The highest BCUT2D eigenvalue weighted by Gasteiger charge is 2.15. The Morgan fingerprint density at radius 3 is 2.71 bits per heavy atom. The zero-order valence-electron chi connectivity index (χ0n) is 10.8. The fourth-order valence-electron chi connectivity index (χ4n) is 1.71. The highest BCUT2D eigenvalue weighted by molar-refractivity contribution is 5.76. The molecule has 0 saturated carbocycles. The standard InChI is InChI=1S/C13H22N2O2/c1-4-11(8-14)7-13(16)15-10(3)12-6-5-9(2)17-12/h5-6,10-11H,4,7-8,14H2,1-3H3,(H,15,16). The molecule has 1 aromatic rings. The number of amides is 1. The smallest absolute Gasteiger partial charge is 0.220 e. The van der Waals surface area contributed by atoms with Crippen molar-refractivity contribution >= 4 is 5.91 Å². The van der Waals surface area contributed by atoms with Crippen LogP contribution in [0.5, 0.6) is 0 Å². The second-order valence-electron chi connectivity index (χ2n) is 4.45. The number of aryl methyl sites for hydroxylation is 1. The van der Waals surface area contributed by atoms with Crippen LogP contribution < -0.4 is 11.1 Å². The number of carbonyl (C=O) groups is 1. The number of nitrogens with two attached hydrogens (primary N) is 1. The number of rotatable bonds is 6. The molecule has 0 spiro atoms. The van der Waals surface area contributed by atoms with E-state index in [4.69, 9.17) is 10.2 Å². The molecule has 0 aliphatic rings. The van der Waals surface area contributed by atoms with Gasteiger partial charge in [-0.15, -0.1) is 0 Å². The zero-order valence-corrected chi connectivity index (χ0v) is 10.8. The van der Waals surface area contributed by atoms with Crippen molar-refractivity contribution in [2.24, 2.45) is 11.7 Å². The largest absolute Gasteiger partial charge is 0.464 e. The van der Waals surface area contributed by atoms with Crippen molar-refractivity contribution < 1.29 is 9.21 Å². The molecule has 1 amide bonds. The van der Waals surface area contributed by atoms with Crippen LogP contribution in [0.4, 0.5) is 0 Å². The zero-order chi connectivity index (χ0) is 12.8. The first-order valence-corrected chi connectivity index (χ1v) is 6.12. The summed E-state index contributed by atoms with van der Waals surface area (Å²) >= 11 is 0. The summed E-state index contributed by atoms with van der Waals surface area (Å²) in [6.45, 7) is 6.40. The molecule has 3 N–H and O–H groups in total. The van der Waals surface area contributed by atoms with Crippen LogP contribution >= 0.6 is 0 Å². The molecule has 0 bridgehead atoms.